The molecule has 5 rings (SSSR count). The van der Waals surface area contributed by atoms with Crippen LogP contribution in [0.5, 0.6) is 17.2 Å². The monoisotopic (exact) mass is 389 g/mol. The Morgan fingerprint density at radius 1 is 1.04 bits per heavy atom. The quantitative estimate of drug-likeness (QED) is 0.539. The van der Waals surface area contributed by atoms with Crippen molar-refractivity contribution in [3.8, 4) is 17.2 Å². The minimum absolute atomic E-state index is 0.213. The van der Waals surface area contributed by atoms with Crippen molar-refractivity contribution < 1.29 is 14.3 Å². The summed E-state index contributed by atoms with van der Waals surface area (Å²) in [6, 6.07) is 20.6. The zero-order valence-electron chi connectivity index (χ0n) is 14.6. The predicted octanol–water partition coefficient (Wildman–Crippen LogP) is 4.49. The Balaban J connectivity index is 1.46. The maximum absolute atomic E-state index is 12.8. The van der Waals surface area contributed by atoms with Crippen LogP contribution in [0, 0.1) is 0 Å². The van der Waals surface area contributed by atoms with Crippen LogP contribution in [0.4, 0.5) is 5.13 Å². The van der Waals surface area contributed by atoms with Crippen molar-refractivity contribution in [2.24, 2.45) is 0 Å². The smallest absolute Gasteiger partial charge is 0.259 e. The van der Waals surface area contributed by atoms with Gasteiger partial charge in [-0.05, 0) is 36.4 Å². The highest BCUT2D eigenvalue weighted by molar-refractivity contribution is 7.22. The number of carbonyl (C=O) groups is 1. The van der Waals surface area contributed by atoms with Gasteiger partial charge in [-0.25, -0.2) is 4.98 Å². The van der Waals surface area contributed by atoms with Crippen molar-refractivity contribution in [2.45, 2.75) is 6.23 Å². The van der Waals surface area contributed by atoms with Crippen molar-refractivity contribution in [2.75, 3.05) is 5.73 Å². The second kappa shape index (κ2) is 6.54. The summed E-state index contributed by atoms with van der Waals surface area (Å²) in [5.74, 6) is 1.70. The number of benzene rings is 3. The molecular weight excluding hydrogens is 374 g/mol. The van der Waals surface area contributed by atoms with Crippen LogP contribution in [-0.4, -0.2) is 10.9 Å². The van der Waals surface area contributed by atoms with Crippen molar-refractivity contribution in [1.29, 1.82) is 0 Å². The number of nitrogens with two attached hydrogens (primary N) is 1. The van der Waals surface area contributed by atoms with E-state index in [9.17, 15) is 4.79 Å². The average Bonchev–Trinajstić information content (AvgIpc) is 3.09. The summed E-state index contributed by atoms with van der Waals surface area (Å²) in [5, 5.41) is 3.32. The minimum atomic E-state index is -0.609. The van der Waals surface area contributed by atoms with Gasteiger partial charge in [0.2, 0.25) is 0 Å². The van der Waals surface area contributed by atoms with E-state index in [0.717, 1.165) is 16.0 Å². The number of fused-ring (bicyclic) bond motifs is 3. The van der Waals surface area contributed by atoms with Crippen LogP contribution in [0.25, 0.3) is 10.2 Å². The molecule has 7 heteroatoms. The van der Waals surface area contributed by atoms with Crippen LogP contribution in [0.3, 0.4) is 0 Å². The van der Waals surface area contributed by atoms with Crippen molar-refractivity contribution in [1.82, 2.24) is 10.3 Å². The number of amides is 1. The summed E-state index contributed by atoms with van der Waals surface area (Å²) in [4.78, 5) is 17.0. The van der Waals surface area contributed by atoms with Gasteiger partial charge in [-0.2, -0.15) is 0 Å². The number of carbonyl (C=O) groups excluding carboxylic acids is 1. The minimum Gasteiger partial charge on any atom is -0.466 e. The molecule has 1 aromatic heterocycles. The fourth-order valence-corrected chi connectivity index (χ4v) is 4.04. The summed E-state index contributed by atoms with van der Waals surface area (Å²) >= 11 is 1.28. The number of nitrogens with one attached hydrogen (secondary N) is 1. The van der Waals surface area contributed by atoms with Gasteiger partial charge in [0.25, 0.3) is 5.91 Å². The molecule has 2 heterocycles. The number of hydrogen-bond donors (Lipinski definition) is 2. The maximum Gasteiger partial charge on any atom is 0.259 e. The molecule has 28 heavy (non-hydrogen) atoms. The van der Waals surface area contributed by atoms with Gasteiger partial charge >= 0.3 is 0 Å². The first-order valence-electron chi connectivity index (χ1n) is 8.67. The lowest BCUT2D eigenvalue weighted by molar-refractivity contribution is 0.0759. The summed E-state index contributed by atoms with van der Waals surface area (Å²) in [7, 11) is 0. The normalized spacial score (nSPS) is 15.6. The van der Waals surface area contributed by atoms with Crippen LogP contribution < -0.4 is 20.5 Å². The summed E-state index contributed by atoms with van der Waals surface area (Å²) in [6.45, 7) is 0. The van der Waals surface area contributed by atoms with E-state index >= 15 is 0 Å². The molecule has 0 bridgehead atoms. The number of ether oxygens (including phenoxy) is 2. The molecule has 1 amide bonds. The van der Waals surface area contributed by atoms with Crippen LogP contribution in [0.2, 0.25) is 0 Å². The van der Waals surface area contributed by atoms with Gasteiger partial charge in [0.05, 0.1) is 10.2 Å². The van der Waals surface area contributed by atoms with Crippen LogP contribution in [-0.2, 0) is 0 Å². The molecule has 0 radical (unpaired) electrons. The Hall–Kier alpha value is -3.58. The van der Waals surface area contributed by atoms with Gasteiger partial charge in [0.15, 0.2) is 11.4 Å². The zero-order chi connectivity index (χ0) is 19.1. The standard InChI is InChI=1S/C21H15N3O3S/c22-21-23-15-9-10-16-17(18(15)28-21)19(25)24-20(27-16)12-5-4-8-14(11-12)26-13-6-2-1-3-7-13/h1-11,20H,(H2,22,23)(H,24,25). The number of thiazole rings is 1. The molecule has 1 atom stereocenters. The lowest BCUT2D eigenvalue weighted by Gasteiger charge is -2.27. The van der Waals surface area contributed by atoms with E-state index in [1.54, 1.807) is 6.07 Å². The van der Waals surface area contributed by atoms with Gasteiger partial charge in [0, 0.05) is 5.56 Å². The largest absolute Gasteiger partial charge is 0.466 e. The van der Waals surface area contributed by atoms with E-state index in [-0.39, 0.29) is 5.91 Å². The molecule has 0 saturated carbocycles. The highest BCUT2D eigenvalue weighted by Gasteiger charge is 2.29. The fraction of sp³-hybridized carbons (Fsp3) is 0.0476. The molecule has 1 aliphatic heterocycles. The lowest BCUT2D eigenvalue weighted by Crippen LogP contribution is -2.36. The Bertz CT molecular complexity index is 1190. The topological polar surface area (TPSA) is 86.5 Å². The van der Waals surface area contributed by atoms with Crippen LogP contribution >= 0.6 is 11.3 Å². The molecule has 0 spiro atoms. The van der Waals surface area contributed by atoms with Crippen LogP contribution in [0.1, 0.15) is 22.1 Å². The van der Waals surface area contributed by atoms with Crippen molar-refractivity contribution >= 4 is 32.6 Å². The van der Waals surface area contributed by atoms with Gasteiger partial charge in [-0.15, -0.1) is 0 Å². The average molecular weight is 389 g/mol. The molecule has 4 aromatic rings. The van der Waals surface area contributed by atoms with Crippen LogP contribution in [0.15, 0.2) is 66.7 Å². The molecular formula is C21H15N3O3S. The van der Waals surface area contributed by atoms with E-state index in [0.29, 0.717) is 27.7 Å². The molecule has 3 N–H and O–H groups in total. The molecule has 0 fully saturated rings. The Kier molecular flexibility index (Phi) is 3.87. The third-order valence-corrected chi connectivity index (χ3v) is 5.33. The van der Waals surface area contributed by atoms with Gasteiger partial charge in [0.1, 0.15) is 22.8 Å². The third kappa shape index (κ3) is 2.91. The maximum atomic E-state index is 12.8. The third-order valence-electron chi connectivity index (χ3n) is 4.41. The summed E-state index contributed by atoms with van der Waals surface area (Å²) in [6.07, 6.45) is -0.609. The summed E-state index contributed by atoms with van der Waals surface area (Å²) in [5.41, 5.74) is 7.74. The molecule has 3 aromatic carbocycles. The predicted molar refractivity (Wildman–Crippen MR) is 108 cm³/mol. The van der Waals surface area contributed by atoms with Gasteiger partial charge < -0.3 is 20.5 Å². The molecule has 138 valence electrons. The number of hydrogen-bond acceptors (Lipinski definition) is 6. The van der Waals surface area contributed by atoms with Gasteiger partial charge in [-0.1, -0.05) is 41.7 Å². The number of nitrogens with zero attached hydrogens (tertiary/aromatic N) is 1. The molecule has 1 unspecified atom stereocenters. The van der Waals surface area contributed by atoms with Crippen molar-refractivity contribution in [3.05, 3.63) is 77.9 Å². The van der Waals surface area contributed by atoms with E-state index in [1.807, 2.05) is 60.7 Å². The van der Waals surface area contributed by atoms with E-state index < -0.39 is 6.23 Å². The molecule has 6 nitrogen and oxygen atoms in total. The Morgan fingerprint density at radius 2 is 1.86 bits per heavy atom. The highest BCUT2D eigenvalue weighted by Crippen LogP contribution is 2.38. The van der Waals surface area contributed by atoms with Gasteiger partial charge in [-0.3, -0.25) is 4.79 Å². The first-order chi connectivity index (χ1) is 13.7. The number of anilines is 1. The molecule has 0 aliphatic carbocycles. The summed E-state index contributed by atoms with van der Waals surface area (Å²) < 4.78 is 12.7. The molecule has 0 saturated heterocycles. The number of nitrogen functional groups attached to an aromatic ring is 1. The van der Waals surface area contributed by atoms with Crippen molar-refractivity contribution in [3.63, 3.8) is 0 Å². The molecule has 1 aliphatic rings. The lowest BCUT2D eigenvalue weighted by atomic mass is 10.1. The number of aromatic nitrogens is 1. The Labute approximate surface area is 164 Å². The first-order valence-corrected chi connectivity index (χ1v) is 9.48. The van der Waals surface area contributed by atoms with E-state index in [1.165, 1.54) is 11.3 Å². The first kappa shape index (κ1) is 16.6. The Morgan fingerprint density at radius 3 is 2.71 bits per heavy atom. The van der Waals surface area contributed by atoms with E-state index in [4.69, 9.17) is 15.2 Å². The second-order valence-electron chi connectivity index (χ2n) is 6.30. The SMILES string of the molecule is Nc1nc2ccc3c(c2s1)C(=O)NC(c1cccc(Oc2ccccc2)c1)O3. The number of para-hydroxylation sites is 1. The van der Waals surface area contributed by atoms with E-state index in [2.05, 4.69) is 10.3 Å². The zero-order valence-corrected chi connectivity index (χ0v) is 15.4. The number of rotatable bonds is 3. The second-order valence-corrected chi connectivity index (χ2v) is 7.33. The highest BCUT2D eigenvalue weighted by atomic mass is 32.1. The fourth-order valence-electron chi connectivity index (χ4n) is 3.17.